The third-order valence-electron chi connectivity index (χ3n) is 4.46. The lowest BCUT2D eigenvalue weighted by Crippen LogP contribution is -2.43. The van der Waals surface area contributed by atoms with Gasteiger partial charge in [0.2, 0.25) is 15.9 Å². The van der Waals surface area contributed by atoms with Gasteiger partial charge >= 0.3 is 0 Å². The third-order valence-corrected chi connectivity index (χ3v) is 5.91. The molecule has 0 atom stereocenters. The molecule has 10 nitrogen and oxygen atoms in total. The van der Waals surface area contributed by atoms with E-state index in [2.05, 4.69) is 20.6 Å². The predicted molar refractivity (Wildman–Crippen MR) is 117 cm³/mol. The summed E-state index contributed by atoms with van der Waals surface area (Å²) in [4.78, 5) is 28.4. The number of nitrogens with zero attached hydrogens (tertiary/aromatic N) is 1. The molecule has 3 rings (SSSR count). The van der Waals surface area contributed by atoms with Crippen molar-refractivity contribution in [3.05, 3.63) is 60.3 Å². The fourth-order valence-corrected chi connectivity index (χ4v) is 3.86. The number of fused-ring (bicyclic) bond motifs is 1. The van der Waals surface area contributed by atoms with Crippen LogP contribution in [-0.4, -0.2) is 46.0 Å². The fourth-order valence-electron chi connectivity index (χ4n) is 2.81. The van der Waals surface area contributed by atoms with Crippen LogP contribution < -0.4 is 25.0 Å². The minimum atomic E-state index is -3.87. The van der Waals surface area contributed by atoms with E-state index in [-0.39, 0.29) is 29.3 Å². The lowest BCUT2D eigenvalue weighted by molar-refractivity contribution is -0.121. The van der Waals surface area contributed by atoms with Crippen LogP contribution in [-0.2, 0) is 14.8 Å². The number of nitrogens with one attached hydrogen (secondary N) is 3. The van der Waals surface area contributed by atoms with Crippen LogP contribution >= 0.6 is 0 Å². The average molecular weight is 458 g/mol. The van der Waals surface area contributed by atoms with Crippen LogP contribution in [0.3, 0.4) is 0 Å². The number of benzene rings is 2. The van der Waals surface area contributed by atoms with Crippen molar-refractivity contribution in [3.8, 4) is 11.5 Å². The SMILES string of the molecule is COc1ccc(S(=O)(=O)NCCC(=O)NNC(=O)c2ccc3ccccc3n2)cc1OC. The number of amides is 2. The highest BCUT2D eigenvalue weighted by Gasteiger charge is 2.17. The van der Waals surface area contributed by atoms with E-state index >= 15 is 0 Å². The Bertz CT molecular complexity index is 1250. The van der Waals surface area contributed by atoms with Gasteiger partial charge in [0, 0.05) is 24.4 Å². The second kappa shape index (κ2) is 10.1. The van der Waals surface area contributed by atoms with Crippen molar-refractivity contribution in [1.29, 1.82) is 0 Å². The number of carbonyl (C=O) groups is 2. The Morgan fingerprint density at radius 1 is 0.938 bits per heavy atom. The molecular weight excluding hydrogens is 436 g/mol. The van der Waals surface area contributed by atoms with E-state index in [1.54, 1.807) is 18.2 Å². The van der Waals surface area contributed by atoms with E-state index in [4.69, 9.17) is 9.47 Å². The van der Waals surface area contributed by atoms with Crippen molar-refractivity contribution in [1.82, 2.24) is 20.6 Å². The number of carbonyl (C=O) groups excluding carboxylic acids is 2. The Labute approximate surface area is 185 Å². The summed E-state index contributed by atoms with van der Waals surface area (Å²) in [6.45, 7) is -0.174. The highest BCUT2D eigenvalue weighted by atomic mass is 32.2. The van der Waals surface area contributed by atoms with E-state index in [1.807, 2.05) is 18.2 Å². The molecule has 0 fully saturated rings. The minimum absolute atomic E-state index is 0.0359. The van der Waals surface area contributed by atoms with Gasteiger partial charge in [0.25, 0.3) is 5.91 Å². The van der Waals surface area contributed by atoms with Gasteiger partial charge in [-0.15, -0.1) is 0 Å². The largest absolute Gasteiger partial charge is 0.493 e. The first kappa shape index (κ1) is 23.0. The van der Waals surface area contributed by atoms with E-state index < -0.39 is 21.8 Å². The molecule has 0 unspecified atom stereocenters. The van der Waals surface area contributed by atoms with Crippen molar-refractivity contribution in [2.24, 2.45) is 0 Å². The van der Waals surface area contributed by atoms with E-state index in [9.17, 15) is 18.0 Å². The number of para-hydroxylation sites is 1. The van der Waals surface area contributed by atoms with Gasteiger partial charge < -0.3 is 9.47 Å². The second-order valence-corrected chi connectivity index (χ2v) is 8.32. The quantitative estimate of drug-likeness (QED) is 0.434. The number of rotatable bonds is 8. The average Bonchev–Trinajstić information content (AvgIpc) is 2.81. The van der Waals surface area contributed by atoms with E-state index in [0.717, 1.165) is 5.39 Å². The highest BCUT2D eigenvalue weighted by Crippen LogP contribution is 2.29. The molecular formula is C21H22N4O6S. The van der Waals surface area contributed by atoms with Gasteiger partial charge in [0.15, 0.2) is 11.5 Å². The van der Waals surface area contributed by atoms with Crippen LogP contribution in [0.4, 0.5) is 0 Å². The molecule has 32 heavy (non-hydrogen) atoms. The smallest absolute Gasteiger partial charge is 0.288 e. The summed E-state index contributed by atoms with van der Waals surface area (Å²) in [6.07, 6.45) is -0.196. The maximum atomic E-state index is 12.4. The first-order chi connectivity index (χ1) is 15.3. The highest BCUT2D eigenvalue weighted by molar-refractivity contribution is 7.89. The topological polar surface area (TPSA) is 136 Å². The number of hydrogen-bond acceptors (Lipinski definition) is 7. The predicted octanol–water partition coefficient (Wildman–Crippen LogP) is 1.38. The van der Waals surface area contributed by atoms with E-state index in [1.165, 1.54) is 32.4 Å². The molecule has 11 heteroatoms. The normalized spacial score (nSPS) is 11.1. The summed E-state index contributed by atoms with van der Waals surface area (Å²) >= 11 is 0. The molecule has 0 aliphatic carbocycles. The number of ether oxygens (including phenoxy) is 2. The zero-order valence-electron chi connectivity index (χ0n) is 17.4. The lowest BCUT2D eigenvalue weighted by Gasteiger charge is -2.11. The van der Waals surface area contributed by atoms with Crippen LogP contribution in [0.2, 0.25) is 0 Å². The Kier molecular flexibility index (Phi) is 7.23. The van der Waals surface area contributed by atoms with Gasteiger partial charge in [0.1, 0.15) is 5.69 Å². The molecule has 0 spiro atoms. The number of hydrogen-bond donors (Lipinski definition) is 3. The van der Waals surface area contributed by atoms with Crippen LogP contribution in [0.25, 0.3) is 10.9 Å². The van der Waals surface area contributed by atoms with Gasteiger partial charge in [0.05, 0.1) is 24.6 Å². The lowest BCUT2D eigenvalue weighted by atomic mass is 10.2. The van der Waals surface area contributed by atoms with Crippen LogP contribution in [0, 0.1) is 0 Å². The number of sulfonamides is 1. The van der Waals surface area contributed by atoms with Crippen molar-refractivity contribution in [2.75, 3.05) is 20.8 Å². The van der Waals surface area contributed by atoms with Gasteiger partial charge in [-0.3, -0.25) is 20.4 Å². The van der Waals surface area contributed by atoms with Crippen molar-refractivity contribution in [2.45, 2.75) is 11.3 Å². The van der Waals surface area contributed by atoms with Gasteiger partial charge in [-0.1, -0.05) is 24.3 Å². The van der Waals surface area contributed by atoms with Crippen molar-refractivity contribution in [3.63, 3.8) is 0 Å². The molecule has 0 aliphatic heterocycles. The van der Waals surface area contributed by atoms with Gasteiger partial charge in [-0.25, -0.2) is 18.1 Å². The molecule has 3 aromatic rings. The minimum Gasteiger partial charge on any atom is -0.493 e. The third kappa shape index (κ3) is 5.50. The summed E-state index contributed by atoms with van der Waals surface area (Å²) < 4.78 is 37.4. The summed E-state index contributed by atoms with van der Waals surface area (Å²) in [5, 5.41) is 0.884. The Balaban J connectivity index is 1.50. The maximum Gasteiger partial charge on any atom is 0.288 e. The second-order valence-electron chi connectivity index (χ2n) is 6.56. The van der Waals surface area contributed by atoms with Crippen LogP contribution in [0.15, 0.2) is 59.5 Å². The summed E-state index contributed by atoms with van der Waals surface area (Å²) in [7, 11) is -1.03. The fraction of sp³-hybridized carbons (Fsp3) is 0.190. The van der Waals surface area contributed by atoms with Gasteiger partial charge in [-0.2, -0.15) is 0 Å². The molecule has 2 aromatic carbocycles. The zero-order valence-corrected chi connectivity index (χ0v) is 18.2. The standard InChI is InChI=1S/C21H22N4O6S/c1-30-18-10-8-15(13-19(18)31-2)32(28,29)22-12-11-20(26)24-25-21(27)17-9-7-14-5-3-4-6-16(14)23-17/h3-10,13,22H,11-12H2,1-2H3,(H,24,26)(H,25,27). The van der Waals surface area contributed by atoms with Crippen LogP contribution in [0.5, 0.6) is 11.5 Å². The monoisotopic (exact) mass is 458 g/mol. The molecule has 1 aromatic heterocycles. The Hall–Kier alpha value is -3.70. The Morgan fingerprint density at radius 3 is 2.44 bits per heavy atom. The van der Waals surface area contributed by atoms with Crippen molar-refractivity contribution >= 4 is 32.7 Å². The summed E-state index contributed by atoms with van der Waals surface area (Å²) in [5.41, 5.74) is 5.29. The summed E-state index contributed by atoms with van der Waals surface area (Å²) in [5.74, 6) is -0.509. The maximum absolute atomic E-state index is 12.4. The van der Waals surface area contributed by atoms with Gasteiger partial charge in [-0.05, 0) is 24.3 Å². The van der Waals surface area contributed by atoms with Crippen molar-refractivity contribution < 1.29 is 27.5 Å². The summed E-state index contributed by atoms with van der Waals surface area (Å²) in [6, 6.07) is 14.8. The molecule has 2 amide bonds. The number of methoxy groups -OCH3 is 2. The molecule has 0 bridgehead atoms. The van der Waals surface area contributed by atoms with E-state index in [0.29, 0.717) is 11.3 Å². The molecule has 0 aliphatic rings. The molecule has 0 radical (unpaired) electrons. The molecule has 1 heterocycles. The zero-order chi connectivity index (χ0) is 23.1. The first-order valence-corrected chi connectivity index (χ1v) is 11.0. The molecule has 168 valence electrons. The van der Waals surface area contributed by atoms with Crippen LogP contribution in [0.1, 0.15) is 16.9 Å². The number of aromatic nitrogens is 1. The molecule has 0 saturated carbocycles. The molecule has 0 saturated heterocycles. The Morgan fingerprint density at radius 2 is 1.69 bits per heavy atom. The first-order valence-electron chi connectivity index (χ1n) is 9.50. The number of pyridine rings is 1. The molecule has 3 N–H and O–H groups in total. The number of hydrazine groups is 1.